The molecule has 0 saturated carbocycles. The SMILES string of the molecule is CCCCS(=O)(=O)N1CCC(C(=O)NCc2ccc3c(c2)CNC3)CC1.Cl. The number of benzene rings is 1. The molecule has 0 bridgehead atoms. The van der Waals surface area contributed by atoms with Crippen LogP contribution in [0.3, 0.4) is 0 Å². The highest BCUT2D eigenvalue weighted by molar-refractivity contribution is 7.89. The molecular weight excluding hydrogens is 386 g/mol. The van der Waals surface area contributed by atoms with Gasteiger partial charge >= 0.3 is 0 Å². The predicted octanol–water partition coefficient (Wildman–Crippen LogP) is 2.17. The highest BCUT2D eigenvalue weighted by Crippen LogP contribution is 2.21. The third-order valence-corrected chi connectivity index (χ3v) is 7.30. The molecule has 2 aliphatic heterocycles. The van der Waals surface area contributed by atoms with E-state index in [4.69, 9.17) is 0 Å². The van der Waals surface area contributed by atoms with Gasteiger partial charge in [0, 0.05) is 38.6 Å². The van der Waals surface area contributed by atoms with Crippen molar-refractivity contribution in [3.63, 3.8) is 0 Å². The number of piperidine rings is 1. The second kappa shape index (κ2) is 9.87. The summed E-state index contributed by atoms with van der Waals surface area (Å²) in [5.41, 5.74) is 3.75. The van der Waals surface area contributed by atoms with Crippen molar-refractivity contribution in [2.45, 2.75) is 52.2 Å². The van der Waals surface area contributed by atoms with Gasteiger partial charge in [-0.15, -0.1) is 12.4 Å². The van der Waals surface area contributed by atoms with Crippen molar-refractivity contribution in [3.05, 3.63) is 34.9 Å². The summed E-state index contributed by atoms with van der Waals surface area (Å²) >= 11 is 0. The maximum atomic E-state index is 12.4. The first-order valence-corrected chi connectivity index (χ1v) is 11.2. The zero-order chi connectivity index (χ0) is 18.6. The lowest BCUT2D eigenvalue weighted by Gasteiger charge is -2.30. The average Bonchev–Trinajstić information content (AvgIpc) is 3.12. The molecule has 0 atom stereocenters. The van der Waals surface area contributed by atoms with E-state index in [0.717, 1.165) is 25.1 Å². The van der Waals surface area contributed by atoms with Gasteiger partial charge in [-0.1, -0.05) is 31.5 Å². The molecule has 1 amide bonds. The van der Waals surface area contributed by atoms with Crippen LogP contribution < -0.4 is 10.6 Å². The minimum Gasteiger partial charge on any atom is -0.352 e. The number of amides is 1. The Kier molecular flexibility index (Phi) is 8.09. The predicted molar refractivity (Wildman–Crippen MR) is 109 cm³/mol. The Morgan fingerprint density at radius 3 is 2.63 bits per heavy atom. The molecule has 0 spiro atoms. The first-order valence-electron chi connectivity index (χ1n) is 9.56. The molecule has 8 heteroatoms. The second-order valence-corrected chi connectivity index (χ2v) is 9.36. The Morgan fingerprint density at radius 1 is 1.22 bits per heavy atom. The molecule has 3 rings (SSSR count). The van der Waals surface area contributed by atoms with Gasteiger partial charge in [0.05, 0.1) is 5.75 Å². The van der Waals surface area contributed by atoms with Crippen molar-refractivity contribution in [3.8, 4) is 0 Å². The summed E-state index contributed by atoms with van der Waals surface area (Å²) in [5, 5.41) is 6.34. The minimum atomic E-state index is -3.16. The average molecular weight is 416 g/mol. The molecular formula is C19H30ClN3O3S. The van der Waals surface area contributed by atoms with Crippen LogP contribution in [0.25, 0.3) is 0 Å². The number of nitrogens with zero attached hydrogens (tertiary/aromatic N) is 1. The molecule has 1 aromatic carbocycles. The van der Waals surface area contributed by atoms with E-state index < -0.39 is 10.0 Å². The van der Waals surface area contributed by atoms with Gasteiger partial charge in [-0.2, -0.15) is 0 Å². The van der Waals surface area contributed by atoms with Gasteiger partial charge in [0.2, 0.25) is 15.9 Å². The Bertz CT molecular complexity index is 747. The number of nitrogens with one attached hydrogen (secondary N) is 2. The molecule has 0 aromatic heterocycles. The monoisotopic (exact) mass is 415 g/mol. The fourth-order valence-electron chi connectivity index (χ4n) is 3.64. The van der Waals surface area contributed by atoms with Gasteiger partial charge in [0.25, 0.3) is 0 Å². The van der Waals surface area contributed by atoms with Crippen LogP contribution in [0, 0.1) is 5.92 Å². The summed E-state index contributed by atoms with van der Waals surface area (Å²) in [6.07, 6.45) is 2.77. The number of hydrogen-bond donors (Lipinski definition) is 2. The molecule has 0 aliphatic carbocycles. The Hall–Kier alpha value is -1.15. The standard InChI is InChI=1S/C19H29N3O3S.ClH/c1-2-3-10-26(24,25)22-8-6-16(7-9-22)19(23)21-12-15-4-5-17-13-20-14-18(17)11-15;/h4-5,11,16,20H,2-3,6-10,12-14H2,1H3,(H,21,23);1H. The van der Waals surface area contributed by atoms with E-state index in [1.807, 2.05) is 6.92 Å². The van der Waals surface area contributed by atoms with E-state index in [1.165, 1.54) is 11.1 Å². The third kappa shape index (κ3) is 5.67. The molecule has 1 saturated heterocycles. The normalized spacial score (nSPS) is 18.0. The number of carbonyl (C=O) groups excluding carboxylic acids is 1. The molecule has 0 radical (unpaired) electrons. The van der Waals surface area contributed by atoms with Crippen molar-refractivity contribution in [2.24, 2.45) is 5.92 Å². The number of fused-ring (bicyclic) bond motifs is 1. The van der Waals surface area contributed by atoms with Crippen molar-refractivity contribution < 1.29 is 13.2 Å². The number of unbranched alkanes of at least 4 members (excludes halogenated alkanes) is 1. The highest BCUT2D eigenvalue weighted by atomic mass is 35.5. The van der Waals surface area contributed by atoms with Crippen LogP contribution in [0.4, 0.5) is 0 Å². The van der Waals surface area contributed by atoms with Gasteiger partial charge in [-0.3, -0.25) is 4.79 Å². The fourth-order valence-corrected chi connectivity index (χ4v) is 5.32. The van der Waals surface area contributed by atoms with E-state index in [2.05, 4.69) is 28.8 Å². The summed E-state index contributed by atoms with van der Waals surface area (Å²) in [4.78, 5) is 12.4. The van der Waals surface area contributed by atoms with Crippen LogP contribution in [0.2, 0.25) is 0 Å². The highest BCUT2D eigenvalue weighted by Gasteiger charge is 2.30. The molecule has 1 aromatic rings. The van der Waals surface area contributed by atoms with Gasteiger partial charge in [-0.05, 0) is 36.0 Å². The third-order valence-electron chi connectivity index (χ3n) is 5.34. The van der Waals surface area contributed by atoms with Crippen LogP contribution in [0.5, 0.6) is 0 Å². The largest absolute Gasteiger partial charge is 0.352 e. The summed E-state index contributed by atoms with van der Waals surface area (Å²) in [7, 11) is -3.16. The summed E-state index contributed by atoms with van der Waals surface area (Å²) in [5.74, 6) is 0.158. The quantitative estimate of drug-likeness (QED) is 0.715. The maximum absolute atomic E-state index is 12.4. The summed E-state index contributed by atoms with van der Waals surface area (Å²) in [6, 6.07) is 6.34. The minimum absolute atomic E-state index is 0. The van der Waals surface area contributed by atoms with Gasteiger partial charge in [0.1, 0.15) is 0 Å². The summed E-state index contributed by atoms with van der Waals surface area (Å²) < 4.78 is 26.0. The molecule has 6 nitrogen and oxygen atoms in total. The van der Waals surface area contributed by atoms with Crippen LogP contribution in [-0.4, -0.2) is 37.5 Å². The first kappa shape index (κ1) is 22.1. The Morgan fingerprint density at radius 2 is 1.93 bits per heavy atom. The molecule has 27 heavy (non-hydrogen) atoms. The second-order valence-electron chi connectivity index (χ2n) is 7.27. The van der Waals surface area contributed by atoms with Gasteiger partial charge in [0.15, 0.2) is 0 Å². The number of carbonyl (C=O) groups is 1. The number of rotatable bonds is 7. The van der Waals surface area contributed by atoms with Crippen LogP contribution >= 0.6 is 12.4 Å². The fraction of sp³-hybridized carbons (Fsp3) is 0.632. The Labute approximate surface area is 168 Å². The van der Waals surface area contributed by atoms with Crippen molar-refractivity contribution in [1.82, 2.24) is 14.9 Å². The topological polar surface area (TPSA) is 78.5 Å². The summed E-state index contributed by atoms with van der Waals surface area (Å²) in [6.45, 7) is 5.23. The maximum Gasteiger partial charge on any atom is 0.223 e. The van der Waals surface area contributed by atoms with Gasteiger partial charge < -0.3 is 10.6 Å². The van der Waals surface area contributed by atoms with E-state index in [-0.39, 0.29) is 30.0 Å². The first-order chi connectivity index (χ1) is 12.5. The van der Waals surface area contributed by atoms with Crippen LogP contribution in [0.15, 0.2) is 18.2 Å². The van der Waals surface area contributed by atoms with Crippen molar-refractivity contribution in [2.75, 3.05) is 18.8 Å². The Balaban J connectivity index is 0.00000261. The molecule has 152 valence electrons. The van der Waals surface area contributed by atoms with Crippen molar-refractivity contribution in [1.29, 1.82) is 0 Å². The van der Waals surface area contributed by atoms with Crippen molar-refractivity contribution >= 4 is 28.3 Å². The van der Waals surface area contributed by atoms with Crippen LogP contribution in [0.1, 0.15) is 49.3 Å². The molecule has 2 heterocycles. The molecule has 2 aliphatic rings. The lowest BCUT2D eigenvalue weighted by Crippen LogP contribution is -2.43. The van der Waals surface area contributed by atoms with E-state index in [1.54, 1.807) is 4.31 Å². The zero-order valence-corrected chi connectivity index (χ0v) is 17.5. The molecule has 2 N–H and O–H groups in total. The van der Waals surface area contributed by atoms with E-state index in [9.17, 15) is 13.2 Å². The number of sulfonamides is 1. The number of hydrogen-bond acceptors (Lipinski definition) is 4. The lowest BCUT2D eigenvalue weighted by atomic mass is 9.97. The molecule has 0 unspecified atom stereocenters. The zero-order valence-electron chi connectivity index (χ0n) is 15.9. The lowest BCUT2D eigenvalue weighted by molar-refractivity contribution is -0.126. The van der Waals surface area contributed by atoms with E-state index >= 15 is 0 Å². The number of halogens is 1. The van der Waals surface area contributed by atoms with Crippen LogP contribution in [-0.2, 0) is 34.5 Å². The van der Waals surface area contributed by atoms with E-state index in [0.29, 0.717) is 38.9 Å². The smallest absolute Gasteiger partial charge is 0.223 e. The van der Waals surface area contributed by atoms with Gasteiger partial charge in [-0.25, -0.2) is 12.7 Å². The molecule has 1 fully saturated rings.